The zero-order chi connectivity index (χ0) is 14.0. The Hall–Kier alpha value is 0.0500. The van der Waals surface area contributed by atoms with Gasteiger partial charge in [-0.15, -0.1) is 11.3 Å². The van der Waals surface area contributed by atoms with Crippen LogP contribution in [0.3, 0.4) is 0 Å². The Bertz CT molecular complexity index is 542. The summed E-state index contributed by atoms with van der Waals surface area (Å²) in [5.41, 5.74) is 0. The summed E-state index contributed by atoms with van der Waals surface area (Å²) in [6.07, 6.45) is 2.02. The third-order valence-electron chi connectivity index (χ3n) is 3.50. The fraction of sp³-hybridized carbons (Fsp3) is 0.667. The lowest BCUT2D eigenvalue weighted by atomic mass is 10.1. The number of nitrogens with zero attached hydrogens (tertiary/aromatic N) is 1. The standard InChI is InChI=1S/C12H19BrN2O2S2/c1-3-9-4-5-15(8-9)19(16,17)11-6-10(7-14-2)18-12(11)13/h6,9,14H,3-5,7-8H2,1-2H3. The first-order valence-corrected chi connectivity index (χ1v) is 9.47. The lowest BCUT2D eigenvalue weighted by Crippen LogP contribution is -2.28. The molecule has 0 radical (unpaired) electrons. The largest absolute Gasteiger partial charge is 0.315 e. The molecule has 19 heavy (non-hydrogen) atoms. The van der Waals surface area contributed by atoms with Crippen LogP contribution in [0.4, 0.5) is 0 Å². The monoisotopic (exact) mass is 366 g/mol. The number of hydrogen-bond acceptors (Lipinski definition) is 4. The van der Waals surface area contributed by atoms with E-state index in [0.29, 0.717) is 34.2 Å². The number of sulfonamides is 1. The molecule has 2 rings (SSSR count). The topological polar surface area (TPSA) is 49.4 Å². The maximum Gasteiger partial charge on any atom is 0.245 e. The molecule has 1 unspecified atom stereocenters. The van der Waals surface area contributed by atoms with Crippen LogP contribution in [0.5, 0.6) is 0 Å². The van der Waals surface area contributed by atoms with Gasteiger partial charge in [0.1, 0.15) is 4.90 Å². The minimum Gasteiger partial charge on any atom is -0.315 e. The summed E-state index contributed by atoms with van der Waals surface area (Å²) in [7, 11) is -1.49. The Morgan fingerprint density at radius 2 is 2.32 bits per heavy atom. The van der Waals surface area contributed by atoms with Crippen LogP contribution in [0.25, 0.3) is 0 Å². The lowest BCUT2D eigenvalue weighted by Gasteiger charge is -2.15. The van der Waals surface area contributed by atoms with E-state index in [9.17, 15) is 8.42 Å². The van der Waals surface area contributed by atoms with E-state index in [2.05, 4.69) is 28.2 Å². The minimum absolute atomic E-state index is 0.416. The first kappa shape index (κ1) is 15.4. The second kappa shape index (κ2) is 6.22. The quantitative estimate of drug-likeness (QED) is 0.871. The lowest BCUT2D eigenvalue weighted by molar-refractivity contribution is 0.453. The van der Waals surface area contributed by atoms with E-state index < -0.39 is 10.0 Å². The Morgan fingerprint density at radius 3 is 2.89 bits per heavy atom. The highest BCUT2D eigenvalue weighted by Gasteiger charge is 2.33. The smallest absolute Gasteiger partial charge is 0.245 e. The molecule has 0 saturated carbocycles. The number of nitrogens with one attached hydrogen (secondary N) is 1. The molecule has 7 heteroatoms. The Morgan fingerprint density at radius 1 is 1.58 bits per heavy atom. The van der Waals surface area contributed by atoms with E-state index in [1.165, 1.54) is 11.3 Å². The van der Waals surface area contributed by atoms with Crippen LogP contribution >= 0.6 is 27.3 Å². The van der Waals surface area contributed by atoms with Crippen molar-refractivity contribution < 1.29 is 8.42 Å². The molecule has 0 aromatic carbocycles. The van der Waals surface area contributed by atoms with E-state index in [4.69, 9.17) is 0 Å². The van der Waals surface area contributed by atoms with Gasteiger partial charge < -0.3 is 5.32 Å². The van der Waals surface area contributed by atoms with Crippen LogP contribution in [0.2, 0.25) is 0 Å². The van der Waals surface area contributed by atoms with Gasteiger partial charge in [-0.05, 0) is 41.4 Å². The first-order chi connectivity index (χ1) is 8.98. The molecule has 0 amide bonds. The van der Waals surface area contributed by atoms with Gasteiger partial charge >= 0.3 is 0 Å². The molecule has 1 N–H and O–H groups in total. The average Bonchev–Trinajstić information content (AvgIpc) is 2.96. The van der Waals surface area contributed by atoms with Crippen LogP contribution in [0.15, 0.2) is 14.7 Å². The minimum atomic E-state index is -3.34. The molecule has 108 valence electrons. The second-order valence-corrected chi connectivity index (χ2v) is 9.17. The number of hydrogen-bond donors (Lipinski definition) is 1. The molecule has 1 saturated heterocycles. The first-order valence-electron chi connectivity index (χ1n) is 6.42. The third-order valence-corrected chi connectivity index (χ3v) is 7.62. The van der Waals surface area contributed by atoms with Crippen molar-refractivity contribution in [2.75, 3.05) is 20.1 Å². The van der Waals surface area contributed by atoms with Gasteiger partial charge in [0.15, 0.2) is 0 Å². The number of thiophene rings is 1. The van der Waals surface area contributed by atoms with E-state index in [0.717, 1.165) is 17.7 Å². The van der Waals surface area contributed by atoms with Gasteiger partial charge in [-0.3, -0.25) is 0 Å². The van der Waals surface area contributed by atoms with Gasteiger partial charge in [0.2, 0.25) is 10.0 Å². The van der Waals surface area contributed by atoms with Crippen LogP contribution in [0.1, 0.15) is 24.6 Å². The van der Waals surface area contributed by atoms with Crippen molar-refractivity contribution in [3.8, 4) is 0 Å². The predicted octanol–water partition coefficient (Wildman–Crippen LogP) is 2.65. The molecule has 1 aromatic heterocycles. The Kier molecular flexibility index (Phi) is 5.05. The summed E-state index contributed by atoms with van der Waals surface area (Å²) in [6, 6.07) is 1.78. The summed E-state index contributed by atoms with van der Waals surface area (Å²) in [5, 5.41) is 3.04. The normalized spacial score (nSPS) is 21.1. The summed E-state index contributed by atoms with van der Waals surface area (Å²) in [6.45, 7) is 4.11. The highest BCUT2D eigenvalue weighted by Crippen LogP contribution is 2.35. The maximum atomic E-state index is 12.6. The summed E-state index contributed by atoms with van der Waals surface area (Å²) in [4.78, 5) is 1.44. The molecule has 0 aliphatic carbocycles. The van der Waals surface area contributed by atoms with Gasteiger partial charge in [-0.1, -0.05) is 13.3 Å². The van der Waals surface area contributed by atoms with Gasteiger partial charge in [0, 0.05) is 24.5 Å². The average molecular weight is 367 g/mol. The zero-order valence-corrected chi connectivity index (χ0v) is 14.4. The fourth-order valence-corrected chi connectivity index (χ4v) is 6.50. The van der Waals surface area contributed by atoms with E-state index in [1.54, 1.807) is 10.4 Å². The van der Waals surface area contributed by atoms with E-state index >= 15 is 0 Å². The van der Waals surface area contributed by atoms with Gasteiger partial charge in [-0.2, -0.15) is 4.31 Å². The van der Waals surface area contributed by atoms with Gasteiger partial charge in [0.05, 0.1) is 3.79 Å². The van der Waals surface area contributed by atoms with E-state index in [-0.39, 0.29) is 0 Å². The zero-order valence-electron chi connectivity index (χ0n) is 11.1. The molecule has 2 heterocycles. The fourth-order valence-electron chi connectivity index (χ4n) is 2.32. The maximum absolute atomic E-state index is 12.6. The number of rotatable bonds is 5. The molecule has 1 aromatic rings. The van der Waals surface area contributed by atoms with Crippen molar-refractivity contribution in [2.45, 2.75) is 31.2 Å². The molecule has 1 aliphatic heterocycles. The Labute approximate surface area is 127 Å². The summed E-state index contributed by atoms with van der Waals surface area (Å²) >= 11 is 4.87. The molecule has 1 aliphatic rings. The molecule has 1 fully saturated rings. The van der Waals surface area contributed by atoms with Crippen molar-refractivity contribution in [3.05, 3.63) is 14.7 Å². The molecule has 0 spiro atoms. The summed E-state index contributed by atoms with van der Waals surface area (Å²) in [5.74, 6) is 0.504. The third kappa shape index (κ3) is 3.21. The SMILES string of the molecule is CCC1CCN(S(=O)(=O)c2cc(CNC)sc2Br)C1. The molecule has 1 atom stereocenters. The summed E-state index contributed by atoms with van der Waals surface area (Å²) < 4.78 is 27.6. The van der Waals surface area contributed by atoms with Crippen LogP contribution in [0, 0.1) is 5.92 Å². The van der Waals surface area contributed by atoms with Crippen molar-refractivity contribution in [3.63, 3.8) is 0 Å². The molecular formula is C12H19BrN2O2S2. The number of halogens is 1. The van der Waals surface area contributed by atoms with Crippen molar-refractivity contribution in [1.29, 1.82) is 0 Å². The van der Waals surface area contributed by atoms with Crippen LogP contribution in [-0.4, -0.2) is 32.9 Å². The van der Waals surface area contributed by atoms with Crippen LogP contribution in [-0.2, 0) is 16.6 Å². The van der Waals surface area contributed by atoms with Gasteiger partial charge in [-0.25, -0.2) is 8.42 Å². The molecule has 0 bridgehead atoms. The molecular weight excluding hydrogens is 348 g/mol. The van der Waals surface area contributed by atoms with Crippen LogP contribution < -0.4 is 5.32 Å². The predicted molar refractivity (Wildman–Crippen MR) is 81.9 cm³/mol. The van der Waals surface area contributed by atoms with Crippen molar-refractivity contribution in [1.82, 2.24) is 9.62 Å². The Balaban J connectivity index is 2.24. The van der Waals surface area contributed by atoms with Crippen molar-refractivity contribution in [2.24, 2.45) is 5.92 Å². The highest BCUT2D eigenvalue weighted by atomic mass is 79.9. The highest BCUT2D eigenvalue weighted by molar-refractivity contribution is 9.11. The molecule has 4 nitrogen and oxygen atoms in total. The van der Waals surface area contributed by atoms with E-state index in [1.807, 2.05) is 7.05 Å². The second-order valence-electron chi connectivity index (χ2n) is 4.81. The van der Waals surface area contributed by atoms with Crippen molar-refractivity contribution >= 4 is 37.3 Å². The van der Waals surface area contributed by atoms with Gasteiger partial charge in [0.25, 0.3) is 0 Å².